The highest BCUT2D eigenvalue weighted by Crippen LogP contribution is 2.14. The van der Waals surface area contributed by atoms with Gasteiger partial charge < -0.3 is 5.11 Å². The van der Waals surface area contributed by atoms with Crippen molar-refractivity contribution in [3.05, 3.63) is 0 Å². The Morgan fingerprint density at radius 2 is 2.00 bits per heavy atom. The van der Waals surface area contributed by atoms with Crippen molar-refractivity contribution in [2.75, 3.05) is 17.3 Å². The second kappa shape index (κ2) is 4.65. The average molecular weight is 175 g/mol. The topological polar surface area (TPSA) is 37.3 Å². The van der Waals surface area contributed by atoms with E-state index in [1.807, 2.05) is 0 Å². The minimum Gasteiger partial charge on any atom is -0.481 e. The number of rotatable bonds is 4. The Morgan fingerprint density at radius 3 is 2.55 bits per heavy atom. The molecule has 11 heavy (non-hydrogen) atoms. The smallest absolute Gasteiger partial charge is 0.303 e. The van der Waals surface area contributed by atoms with Crippen LogP contribution in [0.15, 0.2) is 0 Å². The number of aliphatic carboxylic acids is 1. The lowest BCUT2D eigenvalue weighted by Gasteiger charge is -1.97. The molecular weight excluding hydrogens is 160 g/mol. The van der Waals surface area contributed by atoms with E-state index in [4.69, 9.17) is 5.11 Å². The summed E-state index contributed by atoms with van der Waals surface area (Å²) in [5.41, 5.74) is 0. The first kappa shape index (κ1) is 8.91. The first-order valence-electron chi connectivity index (χ1n) is 4.15. The van der Waals surface area contributed by atoms with E-state index in [0.29, 0.717) is 17.3 Å². The molecule has 1 saturated heterocycles. The summed E-state index contributed by atoms with van der Waals surface area (Å²) in [6, 6.07) is 0. The van der Waals surface area contributed by atoms with Crippen LogP contribution in [0.5, 0.6) is 0 Å². The van der Waals surface area contributed by atoms with Gasteiger partial charge in [0, 0.05) is 12.8 Å². The van der Waals surface area contributed by atoms with Crippen molar-refractivity contribution in [1.82, 2.24) is 0 Å². The summed E-state index contributed by atoms with van der Waals surface area (Å²) in [4.78, 5) is 10.2. The standard InChI is InChI=1S/C8H14O2S/c9-8(10)4-3-7-11-5-1-2-6-11/h1-7H2/p+1. The molecule has 1 rings (SSSR count). The zero-order chi connectivity index (χ0) is 8.10. The predicted octanol–water partition coefficient (Wildman–Crippen LogP) is 1.26. The molecule has 0 aromatic heterocycles. The third kappa shape index (κ3) is 3.65. The first-order chi connectivity index (χ1) is 5.29. The predicted molar refractivity (Wildman–Crippen MR) is 48.1 cm³/mol. The maximum Gasteiger partial charge on any atom is 0.303 e. The summed E-state index contributed by atoms with van der Waals surface area (Å²) in [6.07, 6.45) is 3.99. The van der Waals surface area contributed by atoms with E-state index in [1.165, 1.54) is 24.3 Å². The maximum atomic E-state index is 10.2. The zero-order valence-electron chi connectivity index (χ0n) is 6.71. The van der Waals surface area contributed by atoms with Crippen molar-refractivity contribution in [2.45, 2.75) is 25.7 Å². The van der Waals surface area contributed by atoms with E-state index in [2.05, 4.69) is 0 Å². The third-order valence-electron chi connectivity index (χ3n) is 1.94. The summed E-state index contributed by atoms with van der Waals surface area (Å²) in [5, 5.41) is 8.39. The largest absolute Gasteiger partial charge is 0.481 e. The Kier molecular flexibility index (Phi) is 3.77. The van der Waals surface area contributed by atoms with Crippen LogP contribution >= 0.6 is 0 Å². The van der Waals surface area contributed by atoms with Gasteiger partial charge in [-0.05, 0) is 23.7 Å². The van der Waals surface area contributed by atoms with Gasteiger partial charge >= 0.3 is 5.97 Å². The highest BCUT2D eigenvalue weighted by Gasteiger charge is 2.23. The molecule has 64 valence electrons. The highest BCUT2D eigenvalue weighted by molar-refractivity contribution is 7.97. The van der Waals surface area contributed by atoms with Gasteiger partial charge in [0.05, 0.1) is 0 Å². The summed E-state index contributed by atoms with van der Waals surface area (Å²) >= 11 is 0. The quantitative estimate of drug-likeness (QED) is 0.653. The summed E-state index contributed by atoms with van der Waals surface area (Å²) < 4.78 is 0. The lowest BCUT2D eigenvalue weighted by atomic mass is 10.3. The Labute approximate surface area is 70.3 Å². The van der Waals surface area contributed by atoms with Gasteiger partial charge in [-0.25, -0.2) is 0 Å². The fourth-order valence-electron chi connectivity index (χ4n) is 1.35. The van der Waals surface area contributed by atoms with E-state index >= 15 is 0 Å². The second-order valence-corrected chi connectivity index (χ2v) is 5.38. The van der Waals surface area contributed by atoms with Crippen molar-refractivity contribution in [3.8, 4) is 0 Å². The Morgan fingerprint density at radius 1 is 1.36 bits per heavy atom. The van der Waals surface area contributed by atoms with Gasteiger partial charge in [-0.2, -0.15) is 0 Å². The molecular formula is C8H15O2S+. The van der Waals surface area contributed by atoms with E-state index in [-0.39, 0.29) is 0 Å². The molecule has 0 radical (unpaired) electrons. The van der Waals surface area contributed by atoms with Crippen molar-refractivity contribution in [3.63, 3.8) is 0 Å². The van der Waals surface area contributed by atoms with E-state index in [0.717, 1.165) is 12.2 Å². The van der Waals surface area contributed by atoms with Crippen molar-refractivity contribution >= 4 is 16.9 Å². The van der Waals surface area contributed by atoms with Crippen LogP contribution < -0.4 is 0 Å². The lowest BCUT2D eigenvalue weighted by molar-refractivity contribution is -0.137. The molecule has 0 saturated carbocycles. The number of carbonyl (C=O) groups is 1. The Balaban J connectivity index is 1.98. The molecule has 0 spiro atoms. The lowest BCUT2D eigenvalue weighted by Crippen LogP contribution is -2.10. The third-order valence-corrected chi connectivity index (χ3v) is 4.54. The van der Waals surface area contributed by atoms with Gasteiger partial charge in [-0.3, -0.25) is 4.79 Å². The van der Waals surface area contributed by atoms with E-state index < -0.39 is 5.97 Å². The van der Waals surface area contributed by atoms with Crippen molar-refractivity contribution < 1.29 is 9.90 Å². The summed E-state index contributed by atoms with van der Waals surface area (Å²) in [6.45, 7) is 0. The van der Waals surface area contributed by atoms with Gasteiger partial charge in [0.25, 0.3) is 0 Å². The van der Waals surface area contributed by atoms with Crippen LogP contribution in [0.2, 0.25) is 0 Å². The van der Waals surface area contributed by atoms with Crippen LogP contribution in [-0.2, 0) is 15.7 Å². The highest BCUT2D eigenvalue weighted by atomic mass is 32.2. The SMILES string of the molecule is O=C(O)CCC[S+]1CCCC1. The van der Waals surface area contributed by atoms with Crippen molar-refractivity contribution in [2.24, 2.45) is 0 Å². The maximum absolute atomic E-state index is 10.2. The van der Waals surface area contributed by atoms with Gasteiger partial charge in [0.15, 0.2) is 0 Å². The normalized spacial score (nSPS) is 18.9. The monoisotopic (exact) mass is 175 g/mol. The number of hydrogen-bond acceptors (Lipinski definition) is 1. The fraction of sp³-hybridized carbons (Fsp3) is 0.875. The molecule has 1 N–H and O–H groups in total. The number of carboxylic acid groups (broad SMARTS) is 1. The average Bonchev–Trinajstić information content (AvgIpc) is 2.39. The first-order valence-corrected chi connectivity index (χ1v) is 5.88. The molecule has 1 aliphatic rings. The molecule has 0 bridgehead atoms. The van der Waals surface area contributed by atoms with Crippen LogP contribution in [-0.4, -0.2) is 28.3 Å². The molecule has 1 aliphatic heterocycles. The molecule has 0 aromatic carbocycles. The zero-order valence-corrected chi connectivity index (χ0v) is 7.53. The van der Waals surface area contributed by atoms with Crippen LogP contribution in [0, 0.1) is 0 Å². The molecule has 2 nitrogen and oxygen atoms in total. The van der Waals surface area contributed by atoms with Gasteiger partial charge in [0.1, 0.15) is 17.3 Å². The summed E-state index contributed by atoms with van der Waals surface area (Å²) in [7, 11) is 0.593. The Hall–Kier alpha value is -0.180. The second-order valence-electron chi connectivity index (χ2n) is 2.93. The van der Waals surface area contributed by atoms with Gasteiger partial charge in [-0.15, -0.1) is 0 Å². The Bertz CT molecular complexity index is 130. The van der Waals surface area contributed by atoms with Crippen LogP contribution in [0.4, 0.5) is 0 Å². The van der Waals surface area contributed by atoms with Gasteiger partial charge in [0.2, 0.25) is 0 Å². The van der Waals surface area contributed by atoms with E-state index in [1.54, 1.807) is 0 Å². The van der Waals surface area contributed by atoms with Crippen LogP contribution in [0.3, 0.4) is 0 Å². The molecule has 0 unspecified atom stereocenters. The van der Waals surface area contributed by atoms with Crippen LogP contribution in [0.1, 0.15) is 25.7 Å². The number of hydrogen-bond donors (Lipinski definition) is 1. The number of carboxylic acids is 1. The summed E-state index contributed by atoms with van der Waals surface area (Å²) in [5.74, 6) is 3.23. The van der Waals surface area contributed by atoms with Gasteiger partial charge in [-0.1, -0.05) is 0 Å². The fourth-order valence-corrected chi connectivity index (χ4v) is 3.74. The molecule has 1 heterocycles. The molecule has 0 aliphatic carbocycles. The minimum atomic E-state index is -0.646. The molecule has 0 aromatic rings. The van der Waals surface area contributed by atoms with Crippen LogP contribution in [0.25, 0.3) is 0 Å². The molecule has 0 amide bonds. The van der Waals surface area contributed by atoms with Crippen molar-refractivity contribution in [1.29, 1.82) is 0 Å². The van der Waals surface area contributed by atoms with E-state index in [9.17, 15) is 4.79 Å². The molecule has 0 atom stereocenters. The minimum absolute atomic E-state index is 0.365. The molecule has 1 fully saturated rings. The molecule has 3 heteroatoms.